The van der Waals surface area contributed by atoms with E-state index in [1.165, 1.54) is 21.7 Å². The second-order valence-electron chi connectivity index (χ2n) is 8.81. The van der Waals surface area contributed by atoms with E-state index in [1.807, 2.05) is 13.8 Å². The van der Waals surface area contributed by atoms with Crippen LogP contribution in [0.4, 0.5) is 0 Å². The van der Waals surface area contributed by atoms with Crippen LogP contribution in [0, 0.1) is 19.8 Å². The third-order valence-corrected chi connectivity index (χ3v) is 6.20. The highest BCUT2D eigenvalue weighted by Gasteiger charge is 2.31. The van der Waals surface area contributed by atoms with Crippen LogP contribution in [0.25, 0.3) is 0 Å². The standard InChI is InChI=1S/C26H28N2O6/c1-15(2)23(24-17(4)28(22(31)12-21(24)30)14-19-8-6-10-34-19)25-20(29)11-16(3)27(26(25)32)13-18-7-5-9-33-18/h5-12,15,23,29-30H,13-14H2,1-4H3. The number of aryl methyl sites for hydroxylation is 1. The summed E-state index contributed by atoms with van der Waals surface area (Å²) < 4.78 is 13.9. The molecule has 8 heteroatoms. The summed E-state index contributed by atoms with van der Waals surface area (Å²) in [5.41, 5.74) is 0.887. The van der Waals surface area contributed by atoms with Gasteiger partial charge in [-0.15, -0.1) is 0 Å². The molecule has 4 aromatic heterocycles. The maximum absolute atomic E-state index is 13.7. The summed E-state index contributed by atoms with van der Waals surface area (Å²) in [5.74, 6) is -0.0267. The summed E-state index contributed by atoms with van der Waals surface area (Å²) in [6.07, 6.45) is 3.07. The molecule has 4 rings (SSSR count). The van der Waals surface area contributed by atoms with Gasteiger partial charge in [-0.25, -0.2) is 0 Å². The molecule has 34 heavy (non-hydrogen) atoms. The largest absolute Gasteiger partial charge is 0.507 e. The molecule has 0 fully saturated rings. The Labute approximate surface area is 196 Å². The Kier molecular flexibility index (Phi) is 6.24. The van der Waals surface area contributed by atoms with Gasteiger partial charge in [-0.1, -0.05) is 13.8 Å². The monoisotopic (exact) mass is 464 g/mol. The number of nitrogens with zero attached hydrogens (tertiary/aromatic N) is 2. The summed E-state index contributed by atoms with van der Waals surface area (Å²) in [6.45, 7) is 7.66. The molecule has 178 valence electrons. The van der Waals surface area contributed by atoms with Gasteiger partial charge in [0.15, 0.2) is 0 Å². The second kappa shape index (κ2) is 9.13. The fourth-order valence-electron chi connectivity index (χ4n) is 4.53. The van der Waals surface area contributed by atoms with Crippen LogP contribution in [-0.4, -0.2) is 19.3 Å². The van der Waals surface area contributed by atoms with Gasteiger partial charge in [0, 0.05) is 28.9 Å². The van der Waals surface area contributed by atoms with Crippen LogP contribution in [0.15, 0.2) is 67.3 Å². The van der Waals surface area contributed by atoms with E-state index in [0.29, 0.717) is 28.5 Å². The maximum atomic E-state index is 13.7. The molecule has 0 bridgehead atoms. The normalized spacial score (nSPS) is 12.4. The predicted octanol–water partition coefficient (Wildman–Crippen LogP) is 4.11. The first-order valence-electron chi connectivity index (χ1n) is 11.1. The van der Waals surface area contributed by atoms with Gasteiger partial charge in [0.1, 0.15) is 23.0 Å². The lowest BCUT2D eigenvalue weighted by molar-refractivity contribution is 0.419. The molecule has 0 saturated heterocycles. The van der Waals surface area contributed by atoms with Crippen LogP contribution < -0.4 is 11.1 Å². The van der Waals surface area contributed by atoms with Crippen LogP contribution in [0.3, 0.4) is 0 Å². The number of hydrogen-bond donors (Lipinski definition) is 2. The molecule has 0 aliphatic heterocycles. The number of aromatic nitrogens is 2. The first-order chi connectivity index (χ1) is 16.2. The zero-order chi connectivity index (χ0) is 24.6. The van der Waals surface area contributed by atoms with Crippen LogP contribution >= 0.6 is 0 Å². The topological polar surface area (TPSA) is 111 Å². The highest BCUT2D eigenvalue weighted by molar-refractivity contribution is 5.48. The van der Waals surface area contributed by atoms with E-state index in [0.717, 1.165) is 6.07 Å². The third kappa shape index (κ3) is 4.19. The second-order valence-corrected chi connectivity index (χ2v) is 8.81. The lowest BCUT2D eigenvalue weighted by Gasteiger charge is -2.27. The van der Waals surface area contributed by atoms with Crippen molar-refractivity contribution >= 4 is 0 Å². The average molecular weight is 465 g/mol. The van der Waals surface area contributed by atoms with E-state index in [4.69, 9.17) is 8.83 Å². The van der Waals surface area contributed by atoms with Crippen LogP contribution in [0.5, 0.6) is 11.5 Å². The number of furan rings is 2. The maximum Gasteiger partial charge on any atom is 0.258 e. The smallest absolute Gasteiger partial charge is 0.258 e. The van der Waals surface area contributed by atoms with Crippen LogP contribution in [0.2, 0.25) is 0 Å². The predicted molar refractivity (Wildman–Crippen MR) is 127 cm³/mol. The summed E-state index contributed by atoms with van der Waals surface area (Å²) in [4.78, 5) is 26.4. The minimum atomic E-state index is -0.667. The lowest BCUT2D eigenvalue weighted by Crippen LogP contribution is -2.31. The minimum absolute atomic E-state index is 0.153. The van der Waals surface area contributed by atoms with E-state index >= 15 is 0 Å². The molecule has 4 heterocycles. The van der Waals surface area contributed by atoms with Gasteiger partial charge in [0.25, 0.3) is 11.1 Å². The minimum Gasteiger partial charge on any atom is -0.507 e. The number of rotatable bonds is 7. The van der Waals surface area contributed by atoms with Crippen molar-refractivity contribution in [2.24, 2.45) is 5.92 Å². The first kappa shape index (κ1) is 23.2. The van der Waals surface area contributed by atoms with Crippen molar-refractivity contribution in [1.82, 2.24) is 9.13 Å². The Morgan fingerprint density at radius 1 is 0.853 bits per heavy atom. The van der Waals surface area contributed by atoms with Gasteiger partial charge < -0.3 is 28.2 Å². The van der Waals surface area contributed by atoms with E-state index in [2.05, 4.69) is 0 Å². The Bertz CT molecular complexity index is 1410. The molecule has 8 nitrogen and oxygen atoms in total. The molecule has 0 aliphatic carbocycles. The molecular formula is C26H28N2O6. The van der Waals surface area contributed by atoms with Gasteiger partial charge in [0.2, 0.25) is 0 Å². The van der Waals surface area contributed by atoms with E-state index in [1.54, 1.807) is 44.2 Å². The van der Waals surface area contributed by atoms with E-state index < -0.39 is 5.92 Å². The van der Waals surface area contributed by atoms with Gasteiger partial charge in [-0.2, -0.15) is 0 Å². The van der Waals surface area contributed by atoms with Crippen molar-refractivity contribution in [2.45, 2.75) is 46.7 Å². The van der Waals surface area contributed by atoms with E-state index in [-0.39, 0.29) is 47.2 Å². The fourth-order valence-corrected chi connectivity index (χ4v) is 4.53. The third-order valence-electron chi connectivity index (χ3n) is 6.20. The Morgan fingerprint density at radius 3 is 1.94 bits per heavy atom. The molecule has 0 saturated carbocycles. The van der Waals surface area contributed by atoms with Crippen molar-refractivity contribution < 1.29 is 19.0 Å². The number of aromatic hydroxyl groups is 2. The van der Waals surface area contributed by atoms with Crippen molar-refractivity contribution in [3.63, 3.8) is 0 Å². The molecule has 0 amide bonds. The van der Waals surface area contributed by atoms with Crippen LogP contribution in [-0.2, 0) is 13.1 Å². The fraction of sp³-hybridized carbons (Fsp3) is 0.308. The zero-order valence-electron chi connectivity index (χ0n) is 19.6. The van der Waals surface area contributed by atoms with Gasteiger partial charge in [-0.05, 0) is 50.1 Å². The van der Waals surface area contributed by atoms with Crippen molar-refractivity contribution in [3.8, 4) is 11.5 Å². The lowest BCUT2D eigenvalue weighted by atomic mass is 9.81. The van der Waals surface area contributed by atoms with Crippen LogP contribution in [0.1, 0.15) is 53.8 Å². The summed E-state index contributed by atoms with van der Waals surface area (Å²) >= 11 is 0. The molecular weight excluding hydrogens is 436 g/mol. The van der Waals surface area contributed by atoms with Gasteiger partial charge in [-0.3, -0.25) is 9.59 Å². The summed E-state index contributed by atoms with van der Waals surface area (Å²) in [7, 11) is 0. The molecule has 4 aromatic rings. The molecule has 0 spiro atoms. The Morgan fingerprint density at radius 2 is 1.41 bits per heavy atom. The first-order valence-corrected chi connectivity index (χ1v) is 11.1. The zero-order valence-corrected chi connectivity index (χ0v) is 19.6. The highest BCUT2D eigenvalue weighted by atomic mass is 16.3. The number of hydrogen-bond acceptors (Lipinski definition) is 6. The van der Waals surface area contributed by atoms with Gasteiger partial charge in [0.05, 0.1) is 31.2 Å². The SMILES string of the molecule is Cc1c(C(c2c(O)cc(C)n(Cc3ccco3)c2=O)C(C)C)c(O)cc(=O)n1Cc1ccco1. The van der Waals surface area contributed by atoms with Gasteiger partial charge >= 0.3 is 0 Å². The quantitative estimate of drug-likeness (QED) is 0.426. The van der Waals surface area contributed by atoms with Crippen molar-refractivity contribution in [3.05, 3.63) is 104 Å². The summed E-state index contributed by atoms with van der Waals surface area (Å²) in [6, 6.07) is 9.71. The van der Waals surface area contributed by atoms with Crippen molar-refractivity contribution in [1.29, 1.82) is 0 Å². The summed E-state index contributed by atoms with van der Waals surface area (Å²) in [5, 5.41) is 21.8. The molecule has 0 aromatic carbocycles. The van der Waals surface area contributed by atoms with Crippen molar-refractivity contribution in [2.75, 3.05) is 0 Å². The Balaban J connectivity index is 1.91. The number of pyridine rings is 2. The molecule has 2 N–H and O–H groups in total. The molecule has 1 atom stereocenters. The Hall–Kier alpha value is -3.94. The molecule has 1 unspecified atom stereocenters. The molecule has 0 radical (unpaired) electrons. The van der Waals surface area contributed by atoms with E-state index in [9.17, 15) is 19.8 Å². The highest BCUT2D eigenvalue weighted by Crippen LogP contribution is 2.40. The molecule has 0 aliphatic rings. The average Bonchev–Trinajstić information content (AvgIpc) is 3.46.